The monoisotopic (exact) mass is 347 g/mol. The molecule has 0 atom stereocenters. The van der Waals surface area contributed by atoms with Gasteiger partial charge in [-0.15, -0.1) is 0 Å². The van der Waals surface area contributed by atoms with E-state index in [0.717, 1.165) is 31.7 Å². The summed E-state index contributed by atoms with van der Waals surface area (Å²) in [5, 5.41) is 3.00. The first-order valence-electron chi connectivity index (χ1n) is 8.88. The van der Waals surface area contributed by atoms with Crippen molar-refractivity contribution in [1.82, 2.24) is 15.1 Å². The van der Waals surface area contributed by atoms with E-state index >= 15 is 0 Å². The van der Waals surface area contributed by atoms with Crippen molar-refractivity contribution >= 4 is 11.9 Å². The average molecular weight is 347 g/mol. The van der Waals surface area contributed by atoms with E-state index in [1.54, 1.807) is 31.1 Å². The fourth-order valence-corrected chi connectivity index (χ4v) is 2.91. The van der Waals surface area contributed by atoms with Crippen molar-refractivity contribution in [3.05, 3.63) is 29.8 Å². The Balaban J connectivity index is 1.76. The van der Waals surface area contributed by atoms with Gasteiger partial charge in [-0.1, -0.05) is 0 Å². The lowest BCUT2D eigenvalue weighted by Gasteiger charge is -2.33. The Morgan fingerprint density at radius 1 is 1.20 bits per heavy atom. The maximum atomic E-state index is 12.3. The van der Waals surface area contributed by atoms with E-state index < -0.39 is 0 Å². The van der Waals surface area contributed by atoms with Gasteiger partial charge < -0.3 is 19.9 Å². The molecular weight excluding hydrogens is 318 g/mol. The minimum atomic E-state index is -0.0668. The van der Waals surface area contributed by atoms with Gasteiger partial charge in [0.05, 0.1) is 6.10 Å². The summed E-state index contributed by atoms with van der Waals surface area (Å²) in [6, 6.07) is 7.27. The fourth-order valence-electron chi connectivity index (χ4n) is 2.91. The molecule has 6 heteroatoms. The van der Waals surface area contributed by atoms with Gasteiger partial charge in [0, 0.05) is 39.3 Å². The number of piperidine rings is 1. The molecule has 0 radical (unpaired) electrons. The van der Waals surface area contributed by atoms with Crippen LogP contribution in [-0.4, -0.2) is 61.6 Å². The first-order chi connectivity index (χ1) is 11.9. The van der Waals surface area contributed by atoms with E-state index in [-0.39, 0.29) is 18.0 Å². The van der Waals surface area contributed by atoms with Gasteiger partial charge in [-0.25, -0.2) is 4.79 Å². The smallest absolute Gasteiger partial charge is 0.319 e. The van der Waals surface area contributed by atoms with Gasteiger partial charge in [0.15, 0.2) is 0 Å². The normalized spacial score (nSPS) is 15.2. The molecule has 0 bridgehead atoms. The molecule has 0 saturated carbocycles. The Morgan fingerprint density at radius 3 is 2.32 bits per heavy atom. The summed E-state index contributed by atoms with van der Waals surface area (Å²) >= 11 is 0. The molecule has 0 spiro atoms. The SMILES string of the molecule is CC(C)Oc1ccc(C(=O)NCC2CCN(C(=O)N(C)C)CC2)cc1. The van der Waals surface area contributed by atoms with Gasteiger partial charge in [0.2, 0.25) is 0 Å². The van der Waals surface area contributed by atoms with Crippen molar-refractivity contribution in [2.75, 3.05) is 33.7 Å². The van der Waals surface area contributed by atoms with Crippen LogP contribution in [0.15, 0.2) is 24.3 Å². The van der Waals surface area contributed by atoms with E-state index in [9.17, 15) is 9.59 Å². The molecule has 0 aliphatic carbocycles. The highest BCUT2D eigenvalue weighted by Gasteiger charge is 2.24. The molecule has 1 saturated heterocycles. The van der Waals surface area contributed by atoms with Crippen LogP contribution < -0.4 is 10.1 Å². The summed E-state index contributed by atoms with van der Waals surface area (Å²) in [4.78, 5) is 27.7. The molecule has 6 nitrogen and oxygen atoms in total. The third-order valence-corrected chi connectivity index (χ3v) is 4.31. The number of rotatable bonds is 5. The number of benzene rings is 1. The second-order valence-corrected chi connectivity index (χ2v) is 7.01. The first kappa shape index (κ1) is 19.1. The molecule has 1 fully saturated rings. The molecule has 1 aliphatic heterocycles. The summed E-state index contributed by atoms with van der Waals surface area (Å²) in [6.45, 7) is 6.08. The third-order valence-electron chi connectivity index (χ3n) is 4.31. The summed E-state index contributed by atoms with van der Waals surface area (Å²) in [7, 11) is 3.54. The van der Waals surface area contributed by atoms with E-state index in [1.807, 2.05) is 30.9 Å². The quantitative estimate of drug-likeness (QED) is 0.890. The Kier molecular flexibility index (Phi) is 6.67. The summed E-state index contributed by atoms with van der Waals surface area (Å²) in [5.41, 5.74) is 0.635. The van der Waals surface area contributed by atoms with Crippen molar-refractivity contribution < 1.29 is 14.3 Å². The number of hydrogen-bond donors (Lipinski definition) is 1. The predicted octanol–water partition coefficient (Wildman–Crippen LogP) is 2.60. The van der Waals surface area contributed by atoms with Crippen molar-refractivity contribution in [2.45, 2.75) is 32.8 Å². The highest BCUT2D eigenvalue weighted by molar-refractivity contribution is 5.94. The standard InChI is InChI=1S/C19H29N3O3/c1-14(2)25-17-7-5-16(6-8-17)18(23)20-13-15-9-11-22(12-10-15)19(24)21(3)4/h5-8,14-15H,9-13H2,1-4H3,(H,20,23). The molecule has 0 aromatic heterocycles. The molecule has 1 aromatic carbocycles. The summed E-state index contributed by atoms with van der Waals surface area (Å²) in [5.74, 6) is 1.12. The minimum Gasteiger partial charge on any atom is -0.491 e. The zero-order valence-electron chi connectivity index (χ0n) is 15.6. The van der Waals surface area contributed by atoms with Crippen LogP contribution in [0.5, 0.6) is 5.75 Å². The van der Waals surface area contributed by atoms with Gasteiger partial charge in [-0.05, 0) is 56.9 Å². The number of ether oxygens (including phenoxy) is 1. The molecule has 1 aliphatic rings. The van der Waals surface area contributed by atoms with E-state index in [1.165, 1.54) is 0 Å². The number of carbonyl (C=O) groups is 2. The van der Waals surface area contributed by atoms with Gasteiger partial charge in [0.1, 0.15) is 5.75 Å². The zero-order valence-corrected chi connectivity index (χ0v) is 15.6. The largest absolute Gasteiger partial charge is 0.491 e. The molecular formula is C19H29N3O3. The Labute approximate surface area is 150 Å². The maximum absolute atomic E-state index is 12.3. The zero-order chi connectivity index (χ0) is 18.4. The van der Waals surface area contributed by atoms with Crippen LogP contribution in [-0.2, 0) is 0 Å². The van der Waals surface area contributed by atoms with Crippen LogP contribution in [0.4, 0.5) is 4.79 Å². The topological polar surface area (TPSA) is 61.9 Å². The number of nitrogens with one attached hydrogen (secondary N) is 1. The molecule has 1 aromatic rings. The number of hydrogen-bond acceptors (Lipinski definition) is 3. The number of likely N-dealkylation sites (tertiary alicyclic amines) is 1. The van der Waals surface area contributed by atoms with Gasteiger partial charge in [-0.2, -0.15) is 0 Å². The van der Waals surface area contributed by atoms with Gasteiger partial charge >= 0.3 is 6.03 Å². The van der Waals surface area contributed by atoms with Crippen molar-refractivity contribution in [1.29, 1.82) is 0 Å². The molecule has 25 heavy (non-hydrogen) atoms. The van der Waals surface area contributed by atoms with Crippen LogP contribution in [0.1, 0.15) is 37.0 Å². The Morgan fingerprint density at radius 2 is 1.80 bits per heavy atom. The lowest BCUT2D eigenvalue weighted by molar-refractivity contribution is 0.0935. The van der Waals surface area contributed by atoms with Crippen LogP contribution in [0, 0.1) is 5.92 Å². The van der Waals surface area contributed by atoms with Crippen molar-refractivity contribution in [2.24, 2.45) is 5.92 Å². The maximum Gasteiger partial charge on any atom is 0.319 e. The molecule has 138 valence electrons. The van der Waals surface area contributed by atoms with Crippen LogP contribution in [0.25, 0.3) is 0 Å². The average Bonchev–Trinajstić information content (AvgIpc) is 2.59. The number of carbonyl (C=O) groups excluding carboxylic acids is 2. The fraction of sp³-hybridized carbons (Fsp3) is 0.579. The number of urea groups is 1. The second kappa shape index (κ2) is 8.74. The van der Waals surface area contributed by atoms with E-state index in [2.05, 4.69) is 5.32 Å². The molecule has 1 N–H and O–H groups in total. The molecule has 2 rings (SSSR count). The highest BCUT2D eigenvalue weighted by atomic mass is 16.5. The van der Waals surface area contributed by atoms with Crippen molar-refractivity contribution in [3.63, 3.8) is 0 Å². The molecule has 1 heterocycles. The van der Waals surface area contributed by atoms with Gasteiger partial charge in [0.25, 0.3) is 5.91 Å². The Hall–Kier alpha value is -2.24. The molecule has 3 amide bonds. The Bertz CT molecular complexity index is 576. The summed E-state index contributed by atoms with van der Waals surface area (Å²) in [6.07, 6.45) is 1.95. The highest BCUT2D eigenvalue weighted by Crippen LogP contribution is 2.18. The van der Waals surface area contributed by atoms with Crippen molar-refractivity contribution in [3.8, 4) is 5.75 Å². The minimum absolute atomic E-state index is 0.0613. The predicted molar refractivity (Wildman–Crippen MR) is 97.9 cm³/mol. The first-order valence-corrected chi connectivity index (χ1v) is 8.88. The number of nitrogens with zero attached hydrogens (tertiary/aromatic N) is 2. The van der Waals surface area contributed by atoms with E-state index in [4.69, 9.17) is 4.74 Å². The lowest BCUT2D eigenvalue weighted by atomic mass is 9.97. The molecule has 0 unspecified atom stereocenters. The summed E-state index contributed by atoms with van der Waals surface area (Å²) < 4.78 is 5.58. The third kappa shape index (κ3) is 5.66. The van der Waals surface area contributed by atoms with Crippen LogP contribution >= 0.6 is 0 Å². The number of amides is 3. The van der Waals surface area contributed by atoms with E-state index in [0.29, 0.717) is 18.0 Å². The lowest BCUT2D eigenvalue weighted by Crippen LogP contribution is -2.45. The second-order valence-electron chi connectivity index (χ2n) is 7.01. The van der Waals surface area contributed by atoms with Gasteiger partial charge in [-0.3, -0.25) is 4.79 Å². The van der Waals surface area contributed by atoms with Crippen LogP contribution in [0.3, 0.4) is 0 Å². The van der Waals surface area contributed by atoms with Crippen LogP contribution in [0.2, 0.25) is 0 Å².